The topological polar surface area (TPSA) is 108 Å². The van der Waals surface area contributed by atoms with Gasteiger partial charge in [-0.25, -0.2) is 9.48 Å². The molecule has 4 aromatic rings. The third kappa shape index (κ3) is 4.73. The number of nitrogens with one attached hydrogen (secondary N) is 1. The van der Waals surface area contributed by atoms with Gasteiger partial charge in [0.1, 0.15) is 22.8 Å². The Hall–Kier alpha value is -3.31. The Kier molecular flexibility index (Phi) is 6.76. The molecule has 0 saturated heterocycles. The van der Waals surface area contributed by atoms with E-state index in [9.17, 15) is 14.4 Å². The van der Waals surface area contributed by atoms with E-state index >= 15 is 0 Å². The molecular weight excluding hydrogens is 510 g/mol. The second-order valence-corrected chi connectivity index (χ2v) is 12.0. The second kappa shape index (κ2) is 9.86. The van der Waals surface area contributed by atoms with Crippen molar-refractivity contribution in [3.63, 3.8) is 0 Å². The fourth-order valence-corrected chi connectivity index (χ4v) is 6.67. The molecule has 0 saturated carbocycles. The van der Waals surface area contributed by atoms with Crippen LogP contribution < -0.4 is 10.9 Å². The van der Waals surface area contributed by atoms with Crippen LogP contribution in [0.4, 0.5) is 5.00 Å². The van der Waals surface area contributed by atoms with Gasteiger partial charge in [0.25, 0.3) is 5.56 Å². The summed E-state index contributed by atoms with van der Waals surface area (Å²) in [5.74, 6) is -0.861. The number of hydrogen-bond donors (Lipinski definition) is 1. The maximum atomic E-state index is 13.6. The summed E-state index contributed by atoms with van der Waals surface area (Å²) < 4.78 is 8.17. The van der Waals surface area contributed by atoms with E-state index in [0.29, 0.717) is 27.2 Å². The maximum absolute atomic E-state index is 13.6. The van der Waals surface area contributed by atoms with Crippen molar-refractivity contribution in [2.24, 2.45) is 0 Å². The Bertz CT molecular complexity index is 1540. The molecule has 4 heterocycles. The van der Waals surface area contributed by atoms with Crippen LogP contribution in [0, 0.1) is 0 Å². The molecule has 0 fully saturated rings. The molecule has 1 aliphatic carbocycles. The average molecular weight is 540 g/mol. The second-order valence-electron chi connectivity index (χ2n) is 9.96. The molecule has 0 aromatic carbocycles. The van der Waals surface area contributed by atoms with Crippen LogP contribution in [-0.2, 0) is 34.5 Å². The van der Waals surface area contributed by atoms with Crippen molar-refractivity contribution in [1.29, 1.82) is 0 Å². The summed E-state index contributed by atoms with van der Waals surface area (Å²) in [5.41, 5.74) is 1.57. The number of thiophene rings is 2. The number of amides is 1. The molecule has 1 amide bonds. The fourth-order valence-electron chi connectivity index (χ4n) is 4.66. The molecule has 194 valence electrons. The van der Waals surface area contributed by atoms with Gasteiger partial charge in [-0.1, -0.05) is 6.07 Å². The van der Waals surface area contributed by atoms with E-state index in [0.717, 1.165) is 41.0 Å². The zero-order valence-corrected chi connectivity index (χ0v) is 22.9. The molecular formula is C26H29N5O4S2. The molecule has 1 aliphatic rings. The first kappa shape index (κ1) is 25.3. The number of aryl methyl sites for hydroxylation is 1. The van der Waals surface area contributed by atoms with E-state index in [4.69, 9.17) is 4.74 Å². The summed E-state index contributed by atoms with van der Waals surface area (Å²) in [5, 5.41) is 15.0. The van der Waals surface area contributed by atoms with E-state index in [1.165, 1.54) is 27.4 Å². The van der Waals surface area contributed by atoms with Gasteiger partial charge in [0.2, 0.25) is 5.91 Å². The van der Waals surface area contributed by atoms with Crippen LogP contribution >= 0.6 is 22.7 Å². The van der Waals surface area contributed by atoms with E-state index < -0.39 is 23.0 Å². The van der Waals surface area contributed by atoms with Crippen molar-refractivity contribution in [1.82, 2.24) is 19.6 Å². The van der Waals surface area contributed by atoms with Gasteiger partial charge in [-0.05, 0) is 70.4 Å². The number of nitrogens with zero attached hydrogens (tertiary/aromatic N) is 4. The van der Waals surface area contributed by atoms with Gasteiger partial charge in [-0.3, -0.25) is 14.3 Å². The highest BCUT2D eigenvalue weighted by atomic mass is 32.1. The van der Waals surface area contributed by atoms with Crippen LogP contribution in [-0.4, -0.2) is 38.0 Å². The number of carbonyl (C=O) groups is 2. The van der Waals surface area contributed by atoms with Gasteiger partial charge < -0.3 is 10.1 Å². The molecule has 0 unspecified atom stereocenters. The van der Waals surface area contributed by atoms with E-state index in [2.05, 4.69) is 15.5 Å². The lowest BCUT2D eigenvalue weighted by Crippen LogP contribution is -2.33. The van der Waals surface area contributed by atoms with Crippen LogP contribution in [0.2, 0.25) is 0 Å². The number of fused-ring (bicyclic) bond motifs is 2. The monoisotopic (exact) mass is 539 g/mol. The summed E-state index contributed by atoms with van der Waals surface area (Å²) in [6, 6.07) is 3.84. The van der Waals surface area contributed by atoms with Crippen molar-refractivity contribution in [3.8, 4) is 10.6 Å². The molecule has 9 nitrogen and oxygen atoms in total. The molecule has 0 radical (unpaired) electrons. The number of carbonyl (C=O) groups excluding carboxylic acids is 2. The zero-order valence-electron chi connectivity index (χ0n) is 21.3. The molecule has 0 aliphatic heterocycles. The first-order valence-corrected chi connectivity index (χ1v) is 14.0. The van der Waals surface area contributed by atoms with Crippen molar-refractivity contribution in [3.05, 3.63) is 50.1 Å². The Balaban J connectivity index is 1.54. The quantitative estimate of drug-likeness (QED) is 0.352. The van der Waals surface area contributed by atoms with Gasteiger partial charge in [0.05, 0.1) is 34.2 Å². The van der Waals surface area contributed by atoms with E-state index in [-0.39, 0.29) is 13.2 Å². The van der Waals surface area contributed by atoms with Crippen LogP contribution in [0.3, 0.4) is 0 Å². The van der Waals surface area contributed by atoms with Gasteiger partial charge in [-0.15, -0.1) is 22.7 Å². The summed E-state index contributed by atoms with van der Waals surface area (Å²) in [6.45, 7) is 7.62. The minimum atomic E-state index is -0.445. The molecule has 0 atom stereocenters. The lowest BCUT2D eigenvalue weighted by molar-refractivity contribution is -0.116. The number of rotatable bonds is 6. The molecule has 0 spiro atoms. The minimum absolute atomic E-state index is 0.253. The highest BCUT2D eigenvalue weighted by molar-refractivity contribution is 7.17. The smallest absolute Gasteiger partial charge is 0.341 e. The average Bonchev–Trinajstić information content (AvgIpc) is 3.59. The Morgan fingerprint density at radius 3 is 2.70 bits per heavy atom. The molecule has 11 heteroatoms. The largest absolute Gasteiger partial charge is 0.462 e. The van der Waals surface area contributed by atoms with Gasteiger partial charge >= 0.3 is 5.97 Å². The summed E-state index contributed by atoms with van der Waals surface area (Å²) in [6.07, 6.45) is 5.37. The van der Waals surface area contributed by atoms with Crippen LogP contribution in [0.1, 0.15) is 61.3 Å². The zero-order chi connectivity index (χ0) is 26.3. The first-order valence-electron chi connectivity index (χ1n) is 12.3. The van der Waals surface area contributed by atoms with Crippen molar-refractivity contribution in [2.75, 3.05) is 11.9 Å². The number of ether oxygens (including phenoxy) is 1. The molecule has 37 heavy (non-hydrogen) atoms. The highest BCUT2D eigenvalue weighted by Crippen LogP contribution is 2.38. The molecule has 0 bridgehead atoms. The standard InChI is InChI=1S/C26H29N5O4S2/c1-5-35-25(34)20-15-9-6-7-10-17(15)37-23(20)28-19(32)14-30-24(33)22-16(13-27-31(22)26(2,3)4)21(29-30)18-11-8-12-36-18/h8,11-13H,5-7,9-10,14H2,1-4H3,(H,28,32). The SMILES string of the molecule is CCOC(=O)c1c(NC(=O)Cn2nc(-c3cccs3)c3cnn(C(C)(C)C)c3c2=O)sc2c1CCCC2. The van der Waals surface area contributed by atoms with Gasteiger partial charge in [0, 0.05) is 4.88 Å². The summed E-state index contributed by atoms with van der Waals surface area (Å²) in [4.78, 5) is 41.6. The summed E-state index contributed by atoms with van der Waals surface area (Å²) in [7, 11) is 0. The van der Waals surface area contributed by atoms with Gasteiger partial charge in [0.15, 0.2) is 0 Å². The minimum Gasteiger partial charge on any atom is -0.462 e. The van der Waals surface area contributed by atoms with E-state index in [1.54, 1.807) is 17.8 Å². The van der Waals surface area contributed by atoms with Crippen LogP contribution in [0.5, 0.6) is 0 Å². The number of anilines is 1. The Morgan fingerprint density at radius 2 is 2.00 bits per heavy atom. The normalized spacial score (nSPS) is 13.5. The van der Waals surface area contributed by atoms with Crippen LogP contribution in [0.15, 0.2) is 28.5 Å². The van der Waals surface area contributed by atoms with E-state index in [1.807, 2.05) is 38.3 Å². The molecule has 4 aromatic heterocycles. The molecule has 1 N–H and O–H groups in total. The lowest BCUT2D eigenvalue weighted by Gasteiger charge is -2.20. The number of aromatic nitrogens is 4. The number of hydrogen-bond acceptors (Lipinski definition) is 8. The lowest BCUT2D eigenvalue weighted by atomic mass is 9.95. The third-order valence-electron chi connectivity index (χ3n) is 6.27. The third-order valence-corrected chi connectivity index (χ3v) is 8.35. The predicted molar refractivity (Wildman–Crippen MR) is 146 cm³/mol. The molecule has 5 rings (SSSR count). The summed E-state index contributed by atoms with van der Waals surface area (Å²) >= 11 is 2.92. The fraction of sp³-hybridized carbons (Fsp3) is 0.423. The van der Waals surface area contributed by atoms with Crippen molar-refractivity contribution >= 4 is 50.5 Å². The highest BCUT2D eigenvalue weighted by Gasteiger charge is 2.28. The van der Waals surface area contributed by atoms with Gasteiger partial charge in [-0.2, -0.15) is 10.2 Å². The predicted octanol–water partition coefficient (Wildman–Crippen LogP) is 4.83. The van der Waals surface area contributed by atoms with Crippen LogP contribution in [0.25, 0.3) is 21.5 Å². The maximum Gasteiger partial charge on any atom is 0.341 e. The first-order chi connectivity index (χ1) is 17.7. The van der Waals surface area contributed by atoms with Crippen molar-refractivity contribution < 1.29 is 14.3 Å². The number of esters is 1. The Labute approximate surface area is 222 Å². The van der Waals surface area contributed by atoms with Crippen molar-refractivity contribution in [2.45, 2.75) is 65.5 Å². The Morgan fingerprint density at radius 1 is 1.22 bits per heavy atom.